The lowest BCUT2D eigenvalue weighted by atomic mass is 9.80. The monoisotopic (exact) mass is 241 g/mol. The van der Waals surface area contributed by atoms with Gasteiger partial charge < -0.3 is 9.52 Å². The topological polar surface area (TPSA) is 91.3 Å². The number of nitrogens with zero attached hydrogens (tertiary/aromatic N) is 1. The predicted molar refractivity (Wildman–Crippen MR) is 55.0 cm³/mol. The van der Waals surface area contributed by atoms with Crippen molar-refractivity contribution in [2.75, 3.05) is 11.5 Å². The predicted octanol–water partition coefficient (Wildman–Crippen LogP) is 0.641. The fourth-order valence-corrected chi connectivity index (χ4v) is 3.96. The van der Waals surface area contributed by atoms with Crippen LogP contribution in [0, 0.1) is 16.7 Å². The summed E-state index contributed by atoms with van der Waals surface area (Å²) in [5.74, 6) is -0.335. The number of aliphatic hydroxyl groups excluding tert-OH is 1. The molecule has 0 aliphatic carbocycles. The van der Waals surface area contributed by atoms with E-state index in [9.17, 15) is 13.5 Å². The molecule has 0 amide bonds. The minimum atomic E-state index is -3.22. The summed E-state index contributed by atoms with van der Waals surface area (Å²) < 4.78 is 27.6. The molecule has 1 aliphatic rings. The molecule has 0 saturated carbocycles. The fourth-order valence-electron chi connectivity index (χ4n) is 1.99. The van der Waals surface area contributed by atoms with E-state index >= 15 is 0 Å². The van der Waals surface area contributed by atoms with Crippen LogP contribution in [0.5, 0.6) is 0 Å². The first kappa shape index (κ1) is 11.2. The summed E-state index contributed by atoms with van der Waals surface area (Å²) in [7, 11) is -3.22. The van der Waals surface area contributed by atoms with E-state index in [1.54, 1.807) is 0 Å². The maximum atomic E-state index is 11.4. The first-order chi connectivity index (χ1) is 7.49. The Morgan fingerprint density at radius 1 is 1.62 bits per heavy atom. The van der Waals surface area contributed by atoms with Gasteiger partial charge >= 0.3 is 0 Å². The largest absolute Gasteiger partial charge is 0.472 e. The molecule has 6 heteroatoms. The summed E-state index contributed by atoms with van der Waals surface area (Å²) in [4.78, 5) is 0. The first-order valence-corrected chi connectivity index (χ1v) is 6.63. The minimum absolute atomic E-state index is 0.0462. The van der Waals surface area contributed by atoms with Gasteiger partial charge in [-0.25, -0.2) is 8.42 Å². The summed E-state index contributed by atoms with van der Waals surface area (Å²) >= 11 is 0. The molecule has 16 heavy (non-hydrogen) atoms. The number of aliphatic hydroxyl groups is 1. The van der Waals surface area contributed by atoms with Gasteiger partial charge in [-0.1, -0.05) is 0 Å². The van der Waals surface area contributed by atoms with Crippen molar-refractivity contribution in [1.29, 1.82) is 5.26 Å². The van der Waals surface area contributed by atoms with Crippen LogP contribution in [0.25, 0.3) is 0 Å². The molecule has 0 aromatic carbocycles. The zero-order chi connectivity index (χ0) is 11.8. The zero-order valence-corrected chi connectivity index (χ0v) is 9.27. The normalized spacial score (nSPS) is 29.8. The van der Waals surface area contributed by atoms with E-state index < -0.39 is 21.4 Å². The molecule has 1 aromatic rings. The molecule has 0 spiro atoms. The third-order valence-corrected chi connectivity index (χ3v) is 4.72. The Bertz CT molecular complexity index is 514. The molecule has 1 saturated heterocycles. The Hall–Kier alpha value is -1.32. The Morgan fingerprint density at radius 2 is 2.38 bits per heavy atom. The third kappa shape index (κ3) is 1.72. The molecule has 0 bridgehead atoms. The highest BCUT2D eigenvalue weighted by Gasteiger charge is 2.48. The molecular weight excluding hydrogens is 230 g/mol. The van der Waals surface area contributed by atoms with Gasteiger partial charge in [-0.15, -0.1) is 0 Å². The van der Waals surface area contributed by atoms with Crippen molar-refractivity contribution in [3.8, 4) is 6.07 Å². The van der Waals surface area contributed by atoms with Gasteiger partial charge in [0.25, 0.3) is 0 Å². The van der Waals surface area contributed by atoms with Crippen molar-refractivity contribution in [2.24, 2.45) is 5.41 Å². The van der Waals surface area contributed by atoms with Gasteiger partial charge in [0.2, 0.25) is 0 Å². The van der Waals surface area contributed by atoms with Gasteiger partial charge in [-0.3, -0.25) is 0 Å². The zero-order valence-electron chi connectivity index (χ0n) is 8.46. The lowest BCUT2D eigenvalue weighted by molar-refractivity contribution is 0.0787. The number of nitriles is 1. The maximum absolute atomic E-state index is 11.4. The molecular formula is C10H11NO4S. The quantitative estimate of drug-likeness (QED) is 0.820. The molecule has 86 valence electrons. The van der Waals surface area contributed by atoms with E-state index in [1.807, 2.05) is 6.07 Å². The summed E-state index contributed by atoms with van der Waals surface area (Å²) in [6.45, 7) is 0. The van der Waals surface area contributed by atoms with E-state index in [4.69, 9.17) is 9.68 Å². The molecule has 2 rings (SSSR count). The van der Waals surface area contributed by atoms with Crippen LogP contribution in [0.15, 0.2) is 23.0 Å². The molecule has 1 N–H and O–H groups in total. The average molecular weight is 241 g/mol. The highest BCUT2D eigenvalue weighted by Crippen LogP contribution is 2.42. The maximum Gasteiger partial charge on any atom is 0.152 e. The lowest BCUT2D eigenvalue weighted by Gasteiger charge is -2.24. The fraction of sp³-hybridized carbons (Fsp3) is 0.500. The Balaban J connectivity index is 2.35. The molecule has 1 fully saturated rings. The van der Waals surface area contributed by atoms with Crippen LogP contribution in [0.2, 0.25) is 0 Å². The van der Waals surface area contributed by atoms with Crippen LogP contribution in [-0.4, -0.2) is 25.0 Å². The highest BCUT2D eigenvalue weighted by molar-refractivity contribution is 7.91. The van der Waals surface area contributed by atoms with E-state index in [0.717, 1.165) is 0 Å². The van der Waals surface area contributed by atoms with Crippen molar-refractivity contribution < 1.29 is 17.9 Å². The van der Waals surface area contributed by atoms with Crippen molar-refractivity contribution >= 4 is 9.84 Å². The Labute approximate surface area is 93.2 Å². The van der Waals surface area contributed by atoms with Gasteiger partial charge in [0.05, 0.1) is 30.1 Å². The lowest BCUT2D eigenvalue weighted by Crippen LogP contribution is -2.28. The highest BCUT2D eigenvalue weighted by atomic mass is 32.2. The van der Waals surface area contributed by atoms with Crippen molar-refractivity contribution in [1.82, 2.24) is 0 Å². The van der Waals surface area contributed by atoms with Crippen molar-refractivity contribution in [3.63, 3.8) is 0 Å². The Morgan fingerprint density at radius 3 is 2.81 bits per heavy atom. The van der Waals surface area contributed by atoms with Gasteiger partial charge in [0, 0.05) is 5.56 Å². The number of rotatable bonds is 2. The molecule has 5 nitrogen and oxygen atoms in total. The smallest absolute Gasteiger partial charge is 0.152 e. The van der Waals surface area contributed by atoms with Gasteiger partial charge in [-0.05, 0) is 12.5 Å². The molecule has 0 radical (unpaired) electrons. The van der Waals surface area contributed by atoms with Crippen LogP contribution in [0.4, 0.5) is 0 Å². The third-order valence-electron chi connectivity index (χ3n) is 2.94. The van der Waals surface area contributed by atoms with E-state index in [2.05, 4.69) is 0 Å². The van der Waals surface area contributed by atoms with Gasteiger partial charge in [-0.2, -0.15) is 5.26 Å². The van der Waals surface area contributed by atoms with Gasteiger partial charge in [0.15, 0.2) is 9.84 Å². The molecule has 2 unspecified atom stereocenters. The minimum Gasteiger partial charge on any atom is -0.472 e. The second kappa shape index (κ2) is 3.61. The van der Waals surface area contributed by atoms with Crippen LogP contribution in [-0.2, 0) is 9.84 Å². The number of hydrogen-bond donors (Lipinski definition) is 1. The Kier molecular flexibility index (Phi) is 2.52. The first-order valence-electron chi connectivity index (χ1n) is 4.81. The number of furan rings is 1. The van der Waals surface area contributed by atoms with E-state index in [1.165, 1.54) is 18.6 Å². The average Bonchev–Trinajstić information content (AvgIpc) is 2.85. The van der Waals surface area contributed by atoms with E-state index in [0.29, 0.717) is 5.56 Å². The van der Waals surface area contributed by atoms with Crippen LogP contribution in [0.3, 0.4) is 0 Å². The van der Waals surface area contributed by atoms with Crippen LogP contribution < -0.4 is 0 Å². The summed E-state index contributed by atoms with van der Waals surface area (Å²) in [6.07, 6.45) is 1.76. The summed E-state index contributed by atoms with van der Waals surface area (Å²) in [6, 6.07) is 3.49. The second-order valence-electron chi connectivity index (χ2n) is 4.07. The molecule has 1 aliphatic heterocycles. The number of hydrogen-bond acceptors (Lipinski definition) is 5. The number of sulfone groups is 1. The van der Waals surface area contributed by atoms with Crippen LogP contribution in [0.1, 0.15) is 18.1 Å². The summed E-state index contributed by atoms with van der Waals surface area (Å²) in [5.41, 5.74) is -0.790. The van der Waals surface area contributed by atoms with Gasteiger partial charge in [0.1, 0.15) is 11.5 Å². The standard InChI is InChI=1S/C10H11NO4S/c11-6-10(2-4-16(13,14)7-10)9(12)8-1-3-15-5-8/h1,3,5,9,12H,2,4,7H2. The molecule has 1 aromatic heterocycles. The SMILES string of the molecule is N#CC1(C(O)c2ccoc2)CCS(=O)(=O)C1. The van der Waals surface area contributed by atoms with Crippen molar-refractivity contribution in [3.05, 3.63) is 24.2 Å². The molecule has 2 atom stereocenters. The van der Waals surface area contributed by atoms with E-state index in [-0.39, 0.29) is 17.9 Å². The second-order valence-corrected chi connectivity index (χ2v) is 6.25. The summed E-state index contributed by atoms with van der Waals surface area (Å²) in [5, 5.41) is 19.2. The molecule has 2 heterocycles. The van der Waals surface area contributed by atoms with Crippen LogP contribution >= 0.6 is 0 Å². The van der Waals surface area contributed by atoms with Crippen molar-refractivity contribution in [2.45, 2.75) is 12.5 Å².